The summed E-state index contributed by atoms with van der Waals surface area (Å²) < 4.78 is 38.7. The first-order valence-electron chi connectivity index (χ1n) is 7.54. The molecule has 1 aliphatic rings. The van der Waals surface area contributed by atoms with Crippen molar-refractivity contribution in [2.75, 3.05) is 5.32 Å². The lowest BCUT2D eigenvalue weighted by Gasteiger charge is -2.15. The van der Waals surface area contributed by atoms with Gasteiger partial charge >= 0.3 is 5.51 Å². The molecule has 0 radical (unpaired) electrons. The fourth-order valence-electron chi connectivity index (χ4n) is 2.51. The van der Waals surface area contributed by atoms with Crippen molar-refractivity contribution in [3.8, 4) is 0 Å². The summed E-state index contributed by atoms with van der Waals surface area (Å²) in [6, 6.07) is 7.27. The van der Waals surface area contributed by atoms with Crippen LogP contribution >= 0.6 is 11.8 Å². The number of amides is 1. The second-order valence-electron chi connectivity index (χ2n) is 5.77. The zero-order valence-corrected chi connectivity index (χ0v) is 13.7. The number of carbonyl (C=O) groups excluding carboxylic acids is 1. The summed E-state index contributed by atoms with van der Waals surface area (Å²) in [4.78, 5) is 12.3. The van der Waals surface area contributed by atoms with Crippen LogP contribution in [0.5, 0.6) is 0 Å². The Morgan fingerprint density at radius 1 is 1.29 bits per heavy atom. The van der Waals surface area contributed by atoms with E-state index in [4.69, 9.17) is 0 Å². The van der Waals surface area contributed by atoms with Crippen LogP contribution in [0.25, 0.3) is 0 Å². The molecule has 24 heavy (non-hydrogen) atoms. The molecule has 0 spiro atoms. The number of nitrogens with zero attached hydrogens (tertiary/aromatic N) is 2. The molecule has 0 saturated heterocycles. The predicted octanol–water partition coefficient (Wildman–Crippen LogP) is 4.72. The first kappa shape index (κ1) is 16.9. The highest BCUT2D eigenvalue weighted by Gasteiger charge is 2.31. The summed E-state index contributed by atoms with van der Waals surface area (Å²) >= 11 is -0.203. The number of anilines is 1. The zero-order valence-electron chi connectivity index (χ0n) is 12.9. The van der Waals surface area contributed by atoms with Gasteiger partial charge in [0.2, 0.25) is 0 Å². The van der Waals surface area contributed by atoms with E-state index in [-0.39, 0.29) is 28.6 Å². The number of alkyl halides is 3. The maximum absolute atomic E-state index is 12.3. The highest BCUT2D eigenvalue weighted by Crippen LogP contribution is 2.40. The van der Waals surface area contributed by atoms with Crippen molar-refractivity contribution in [3.05, 3.63) is 42.1 Å². The van der Waals surface area contributed by atoms with Crippen LogP contribution in [0.1, 0.15) is 36.2 Å². The van der Waals surface area contributed by atoms with Gasteiger partial charge in [-0.25, -0.2) is 4.68 Å². The molecule has 1 aromatic carbocycles. The van der Waals surface area contributed by atoms with E-state index >= 15 is 0 Å². The van der Waals surface area contributed by atoms with Gasteiger partial charge in [0, 0.05) is 16.5 Å². The molecule has 1 unspecified atom stereocenters. The molecule has 1 amide bonds. The summed E-state index contributed by atoms with van der Waals surface area (Å²) in [5.74, 6) is 0.802. The maximum atomic E-state index is 12.3. The number of benzene rings is 1. The molecular formula is C16H16F3N3OS. The van der Waals surface area contributed by atoms with Crippen LogP contribution < -0.4 is 5.32 Å². The van der Waals surface area contributed by atoms with Gasteiger partial charge in [-0.2, -0.15) is 18.3 Å². The van der Waals surface area contributed by atoms with E-state index in [1.54, 1.807) is 16.9 Å². The van der Waals surface area contributed by atoms with E-state index in [0.717, 1.165) is 12.8 Å². The van der Waals surface area contributed by atoms with E-state index in [1.807, 2.05) is 0 Å². The molecule has 128 valence electrons. The number of carbonyl (C=O) groups is 1. The third-order valence-electron chi connectivity index (χ3n) is 3.95. The van der Waals surface area contributed by atoms with E-state index in [2.05, 4.69) is 17.3 Å². The minimum Gasteiger partial charge on any atom is -0.307 e. The molecule has 1 atom stereocenters. The Morgan fingerprint density at radius 2 is 1.96 bits per heavy atom. The van der Waals surface area contributed by atoms with Crippen LogP contribution in [0.2, 0.25) is 0 Å². The van der Waals surface area contributed by atoms with E-state index < -0.39 is 5.51 Å². The van der Waals surface area contributed by atoms with E-state index in [0.29, 0.717) is 17.3 Å². The highest BCUT2D eigenvalue weighted by molar-refractivity contribution is 8.00. The quantitative estimate of drug-likeness (QED) is 0.790. The van der Waals surface area contributed by atoms with Gasteiger partial charge in [0.05, 0.1) is 12.2 Å². The van der Waals surface area contributed by atoms with Gasteiger partial charge in [-0.1, -0.05) is 0 Å². The molecule has 1 aromatic heterocycles. The summed E-state index contributed by atoms with van der Waals surface area (Å²) in [5.41, 5.74) is -4.04. The summed E-state index contributed by atoms with van der Waals surface area (Å²) in [7, 11) is 0. The van der Waals surface area contributed by atoms with Crippen LogP contribution in [-0.2, 0) is 0 Å². The Hall–Kier alpha value is -1.96. The van der Waals surface area contributed by atoms with Crippen molar-refractivity contribution in [2.24, 2.45) is 5.92 Å². The Balaban J connectivity index is 1.68. The van der Waals surface area contributed by atoms with Gasteiger partial charge in [-0.05, 0) is 61.7 Å². The third-order valence-corrected chi connectivity index (χ3v) is 4.69. The molecule has 1 saturated carbocycles. The number of nitrogens with one attached hydrogen (secondary N) is 1. The number of halogens is 3. The average molecular weight is 355 g/mol. The number of hydrogen-bond acceptors (Lipinski definition) is 3. The third kappa shape index (κ3) is 4.11. The fourth-order valence-corrected chi connectivity index (χ4v) is 3.05. The smallest absolute Gasteiger partial charge is 0.307 e. The largest absolute Gasteiger partial charge is 0.446 e. The SMILES string of the molecule is CC(C1CC1)n1nccc1NC(=O)c1ccc(SC(F)(F)F)cc1. The van der Waals surface area contributed by atoms with Gasteiger partial charge in [-0.15, -0.1) is 0 Å². The minimum absolute atomic E-state index is 0.0476. The average Bonchev–Trinajstić information content (AvgIpc) is 3.26. The number of thioether (sulfide) groups is 1. The summed E-state index contributed by atoms with van der Waals surface area (Å²) in [5, 5.41) is 7.02. The van der Waals surface area contributed by atoms with E-state index in [9.17, 15) is 18.0 Å². The maximum Gasteiger partial charge on any atom is 0.446 e. The molecule has 8 heteroatoms. The summed E-state index contributed by atoms with van der Waals surface area (Å²) in [6.45, 7) is 2.06. The molecular weight excluding hydrogens is 339 g/mol. The summed E-state index contributed by atoms with van der Waals surface area (Å²) in [6.07, 6.45) is 3.94. The molecule has 1 aliphatic carbocycles. The standard InChI is InChI=1S/C16H16F3N3OS/c1-10(11-2-3-11)22-14(8-9-20-22)21-15(23)12-4-6-13(7-5-12)24-16(17,18)19/h4-11H,2-3H2,1H3,(H,21,23). The van der Waals surface area contributed by atoms with Gasteiger partial charge in [0.1, 0.15) is 5.82 Å². The van der Waals surface area contributed by atoms with Crippen LogP contribution in [-0.4, -0.2) is 21.2 Å². The Bertz CT molecular complexity index is 723. The lowest BCUT2D eigenvalue weighted by Crippen LogP contribution is -2.18. The van der Waals surface area contributed by atoms with Crippen molar-refractivity contribution in [1.29, 1.82) is 0 Å². The molecule has 3 rings (SSSR count). The van der Waals surface area contributed by atoms with Crippen LogP contribution in [0, 0.1) is 5.92 Å². The lowest BCUT2D eigenvalue weighted by molar-refractivity contribution is -0.0328. The zero-order chi connectivity index (χ0) is 17.3. The van der Waals surface area contributed by atoms with Gasteiger partial charge in [-0.3, -0.25) is 4.79 Å². The molecule has 0 aliphatic heterocycles. The Morgan fingerprint density at radius 3 is 2.54 bits per heavy atom. The number of rotatable bonds is 5. The van der Waals surface area contributed by atoms with Crippen molar-refractivity contribution in [1.82, 2.24) is 9.78 Å². The van der Waals surface area contributed by atoms with Crippen molar-refractivity contribution in [3.63, 3.8) is 0 Å². The first-order chi connectivity index (χ1) is 11.3. The van der Waals surface area contributed by atoms with Crippen LogP contribution in [0.15, 0.2) is 41.4 Å². The molecule has 1 N–H and O–H groups in total. The molecule has 4 nitrogen and oxygen atoms in total. The second kappa shape index (κ2) is 6.51. The van der Waals surface area contributed by atoms with Crippen molar-refractivity contribution in [2.45, 2.75) is 36.2 Å². The van der Waals surface area contributed by atoms with Crippen LogP contribution in [0.3, 0.4) is 0 Å². The monoisotopic (exact) mass is 355 g/mol. The highest BCUT2D eigenvalue weighted by atomic mass is 32.2. The predicted molar refractivity (Wildman–Crippen MR) is 86.0 cm³/mol. The van der Waals surface area contributed by atoms with E-state index in [1.165, 1.54) is 24.3 Å². The van der Waals surface area contributed by atoms with Gasteiger partial charge < -0.3 is 5.32 Å². The molecule has 1 heterocycles. The van der Waals surface area contributed by atoms with Gasteiger partial charge in [0.25, 0.3) is 5.91 Å². The Labute approximate surface area is 141 Å². The van der Waals surface area contributed by atoms with Gasteiger partial charge in [0.15, 0.2) is 0 Å². The normalized spacial score (nSPS) is 16.0. The van der Waals surface area contributed by atoms with Crippen molar-refractivity contribution < 1.29 is 18.0 Å². The number of hydrogen-bond donors (Lipinski definition) is 1. The Kier molecular flexibility index (Phi) is 4.58. The van der Waals surface area contributed by atoms with Crippen LogP contribution in [0.4, 0.5) is 19.0 Å². The minimum atomic E-state index is -4.34. The molecule has 0 bridgehead atoms. The topological polar surface area (TPSA) is 46.9 Å². The fraction of sp³-hybridized carbons (Fsp3) is 0.375. The first-order valence-corrected chi connectivity index (χ1v) is 8.36. The second-order valence-corrected chi connectivity index (χ2v) is 6.90. The molecule has 2 aromatic rings. The molecule has 1 fully saturated rings. The number of aromatic nitrogens is 2. The van der Waals surface area contributed by atoms with Crippen molar-refractivity contribution >= 4 is 23.5 Å². The lowest BCUT2D eigenvalue weighted by atomic mass is 10.2.